The first kappa shape index (κ1) is 50.0. The van der Waals surface area contributed by atoms with E-state index in [9.17, 15) is 52.7 Å². The van der Waals surface area contributed by atoms with Crippen LogP contribution in [0.25, 0.3) is 115 Å². The van der Waals surface area contributed by atoms with Gasteiger partial charge in [0.1, 0.15) is 0 Å². The van der Waals surface area contributed by atoms with Crippen molar-refractivity contribution in [2.75, 3.05) is 0 Å². The molecule has 4 nitrogen and oxygen atoms in total. The van der Waals surface area contributed by atoms with E-state index in [1.54, 1.807) is 70.5 Å². The average molecular weight is 1080 g/mol. The number of halogens is 12. The van der Waals surface area contributed by atoms with Gasteiger partial charge in [0.15, 0.2) is 17.5 Å². The highest BCUT2D eigenvalue weighted by Crippen LogP contribution is 2.46. The summed E-state index contributed by atoms with van der Waals surface area (Å²) in [7, 11) is 0. The molecule has 0 saturated heterocycles. The monoisotopic (exact) mass is 1080 g/mol. The number of thiophene rings is 1. The van der Waals surface area contributed by atoms with Crippen molar-refractivity contribution in [1.82, 2.24) is 19.5 Å². The molecule has 0 saturated carbocycles. The Morgan fingerprint density at radius 1 is 0.308 bits per heavy atom. The van der Waals surface area contributed by atoms with E-state index < -0.39 is 58.1 Å². The lowest BCUT2D eigenvalue weighted by molar-refractivity contribution is -0.144. The highest BCUT2D eigenvalue weighted by atomic mass is 32.1. The second kappa shape index (κ2) is 18.4. The Balaban J connectivity index is 1.20. The minimum Gasteiger partial charge on any atom is -0.308 e. The number of alkyl halides is 12. The number of rotatable bonds is 7. The predicted octanol–water partition coefficient (Wildman–Crippen LogP) is 19.4. The van der Waals surface area contributed by atoms with Crippen LogP contribution in [0.2, 0.25) is 0 Å². The third-order valence-electron chi connectivity index (χ3n) is 13.5. The second-order valence-electron chi connectivity index (χ2n) is 18.4. The molecule has 78 heavy (non-hydrogen) atoms. The number of hydrogen-bond acceptors (Lipinski definition) is 4. The van der Waals surface area contributed by atoms with Crippen LogP contribution in [-0.2, 0) is 24.7 Å². The highest BCUT2D eigenvalue weighted by molar-refractivity contribution is 7.26. The van der Waals surface area contributed by atoms with E-state index in [4.69, 9.17) is 15.0 Å². The van der Waals surface area contributed by atoms with Crippen LogP contribution in [0.3, 0.4) is 0 Å². The summed E-state index contributed by atoms with van der Waals surface area (Å²) in [6, 6.07) is 48.1. The Kier molecular flexibility index (Phi) is 11.8. The lowest BCUT2D eigenvalue weighted by Gasteiger charge is -2.18. The molecule has 0 radical (unpaired) electrons. The van der Waals surface area contributed by atoms with Gasteiger partial charge >= 0.3 is 24.7 Å². The Morgan fingerprint density at radius 2 is 0.744 bits per heavy atom. The molecule has 9 aromatic carbocycles. The number of fused-ring (bicyclic) bond motifs is 6. The summed E-state index contributed by atoms with van der Waals surface area (Å²) in [5, 5.41) is 2.75. The van der Waals surface area contributed by atoms with E-state index in [1.807, 2.05) is 66.7 Å². The maximum Gasteiger partial charge on any atom is 0.416 e. The van der Waals surface area contributed by atoms with Crippen LogP contribution in [0.1, 0.15) is 22.3 Å². The van der Waals surface area contributed by atoms with Gasteiger partial charge in [-0.1, -0.05) is 127 Å². The fraction of sp³-hybridized carbons (Fsp3) is 0.0656. The zero-order valence-corrected chi connectivity index (χ0v) is 40.5. The predicted molar refractivity (Wildman–Crippen MR) is 280 cm³/mol. The molecular formula is C61H32F12N4S. The highest BCUT2D eigenvalue weighted by Gasteiger charge is 2.39. The quantitative estimate of drug-likeness (QED) is 0.149. The average Bonchev–Trinajstić information content (AvgIpc) is 4.20. The van der Waals surface area contributed by atoms with Crippen molar-refractivity contribution in [3.63, 3.8) is 0 Å². The number of nitrogens with zero attached hydrogens (tertiary/aromatic N) is 4. The molecule has 0 aliphatic rings. The van der Waals surface area contributed by atoms with Gasteiger partial charge in [-0.2, -0.15) is 52.7 Å². The molecule has 0 aliphatic heterocycles. The summed E-state index contributed by atoms with van der Waals surface area (Å²) in [5.41, 5.74) is -3.61. The van der Waals surface area contributed by atoms with E-state index in [-0.39, 0.29) is 57.5 Å². The molecule has 0 unspecified atom stereocenters. The van der Waals surface area contributed by atoms with E-state index in [1.165, 1.54) is 36.4 Å². The van der Waals surface area contributed by atoms with E-state index in [0.29, 0.717) is 57.3 Å². The van der Waals surface area contributed by atoms with Crippen LogP contribution < -0.4 is 0 Å². The first-order chi connectivity index (χ1) is 37.2. The number of hydrogen-bond donors (Lipinski definition) is 0. The molecule has 3 heterocycles. The molecule has 0 bridgehead atoms. The Hall–Kier alpha value is -8.83. The number of benzene rings is 9. The summed E-state index contributed by atoms with van der Waals surface area (Å²) in [5.74, 6) is 0.610. The van der Waals surface area contributed by atoms with Gasteiger partial charge in [0, 0.05) is 47.6 Å². The van der Waals surface area contributed by atoms with E-state index in [0.717, 1.165) is 25.7 Å². The smallest absolute Gasteiger partial charge is 0.308 e. The Bertz CT molecular complexity index is 4070. The number of aromatic nitrogens is 4. The van der Waals surface area contributed by atoms with Crippen LogP contribution in [0.5, 0.6) is 0 Å². The summed E-state index contributed by atoms with van der Waals surface area (Å²) in [6.45, 7) is 0. The molecule has 0 fully saturated rings. The van der Waals surface area contributed by atoms with Gasteiger partial charge in [0.25, 0.3) is 0 Å². The second-order valence-corrected chi connectivity index (χ2v) is 19.5. The lowest BCUT2D eigenvalue weighted by atomic mass is 9.97. The summed E-state index contributed by atoms with van der Waals surface area (Å²) < 4.78 is 176. The SMILES string of the molecule is FC(F)(F)c1cc(-c2ccc3c4ccc(-c5cc(C(F)(F)F)cc(C(F)(F)F)c5)cc4n(-c4ccc(-c5cccc6c5sc5ccccc56)cc4-c4nc(-c5ccccc5)nc(-c5ccccc5)n4)c3c2)cc(C(F)(F)F)c1. The zero-order chi connectivity index (χ0) is 54.5. The van der Waals surface area contributed by atoms with Crippen LogP contribution in [0.4, 0.5) is 52.7 Å². The zero-order valence-electron chi connectivity index (χ0n) is 39.7. The summed E-state index contributed by atoms with van der Waals surface area (Å²) >= 11 is 1.57. The largest absolute Gasteiger partial charge is 0.416 e. The summed E-state index contributed by atoms with van der Waals surface area (Å²) in [6.07, 6.45) is -20.7. The minimum absolute atomic E-state index is 0.0216. The van der Waals surface area contributed by atoms with Crippen molar-refractivity contribution in [2.45, 2.75) is 24.7 Å². The van der Waals surface area contributed by atoms with Gasteiger partial charge in [0.2, 0.25) is 0 Å². The molecule has 0 N–H and O–H groups in total. The topological polar surface area (TPSA) is 43.6 Å². The molecular weight excluding hydrogens is 1050 g/mol. The summed E-state index contributed by atoms with van der Waals surface area (Å²) in [4.78, 5) is 15.0. The molecule has 0 aliphatic carbocycles. The molecule has 386 valence electrons. The molecule has 17 heteroatoms. The molecule has 0 spiro atoms. The van der Waals surface area contributed by atoms with Crippen molar-refractivity contribution < 1.29 is 52.7 Å². The Morgan fingerprint density at radius 3 is 1.23 bits per heavy atom. The van der Waals surface area contributed by atoms with Gasteiger partial charge in [-0.25, -0.2) is 15.0 Å². The van der Waals surface area contributed by atoms with Crippen molar-refractivity contribution in [3.8, 4) is 73.2 Å². The molecule has 0 amide bonds. The standard InChI is InChI=1S/C61H32F12N4S/c62-58(63,64)40-24-38(25-41(31-40)59(65,66)67)35-18-21-45-46-22-19-36(39-26-42(60(68,69)70)32-43(27-39)61(71,72)73)30-52(46)77(51(45)29-35)50-23-20-37(44-15-9-16-48-47-14-7-8-17-53(47)78-54(44)48)28-49(50)57-75-55(33-10-3-1-4-11-33)74-56(76-57)34-12-5-2-6-13-34/h1-32H. The third-order valence-corrected chi connectivity index (χ3v) is 14.7. The van der Waals surface area contributed by atoms with Crippen molar-refractivity contribution in [2.24, 2.45) is 0 Å². The van der Waals surface area contributed by atoms with Gasteiger partial charge in [0.05, 0.1) is 39.0 Å². The van der Waals surface area contributed by atoms with Crippen molar-refractivity contribution >= 4 is 53.3 Å². The normalized spacial score (nSPS) is 12.6. The molecule has 3 aromatic heterocycles. The fourth-order valence-electron chi connectivity index (χ4n) is 9.86. The first-order valence-corrected chi connectivity index (χ1v) is 24.6. The third kappa shape index (κ3) is 9.16. The maximum absolute atomic E-state index is 14.4. The van der Waals surface area contributed by atoms with Crippen LogP contribution in [-0.4, -0.2) is 19.5 Å². The molecule has 0 atom stereocenters. The van der Waals surface area contributed by atoms with Gasteiger partial charge in [-0.05, 0) is 100 Å². The maximum atomic E-state index is 14.4. The van der Waals surface area contributed by atoms with Crippen LogP contribution in [0.15, 0.2) is 194 Å². The van der Waals surface area contributed by atoms with Gasteiger partial charge in [-0.3, -0.25) is 0 Å². The molecule has 12 aromatic rings. The van der Waals surface area contributed by atoms with E-state index >= 15 is 0 Å². The van der Waals surface area contributed by atoms with E-state index in [2.05, 4.69) is 0 Å². The van der Waals surface area contributed by atoms with Crippen LogP contribution in [0, 0.1) is 0 Å². The molecule has 12 rings (SSSR count). The lowest BCUT2D eigenvalue weighted by Crippen LogP contribution is -2.11. The minimum atomic E-state index is -5.18. The first-order valence-electron chi connectivity index (χ1n) is 23.8. The van der Waals surface area contributed by atoms with Gasteiger partial charge < -0.3 is 4.57 Å². The van der Waals surface area contributed by atoms with Crippen molar-refractivity contribution in [3.05, 3.63) is 216 Å². The Labute approximate surface area is 438 Å². The fourth-order valence-corrected chi connectivity index (χ4v) is 11.1. The van der Waals surface area contributed by atoms with Crippen molar-refractivity contribution in [1.29, 1.82) is 0 Å². The van der Waals surface area contributed by atoms with Crippen LogP contribution >= 0.6 is 11.3 Å². The van der Waals surface area contributed by atoms with Gasteiger partial charge in [-0.15, -0.1) is 11.3 Å².